The van der Waals surface area contributed by atoms with Gasteiger partial charge < -0.3 is 14.4 Å². The molecule has 0 aliphatic carbocycles. The Morgan fingerprint density at radius 1 is 1.00 bits per heavy atom. The molecule has 1 aliphatic heterocycles. The molecule has 2 aromatic carbocycles. The van der Waals surface area contributed by atoms with Gasteiger partial charge in [-0.3, -0.25) is 9.59 Å². The first-order valence-corrected chi connectivity index (χ1v) is 15.3. The van der Waals surface area contributed by atoms with Crippen molar-refractivity contribution in [3.63, 3.8) is 0 Å². The number of unbranched alkanes of at least 4 members (excludes halogenated alkanes) is 3. The predicted molar refractivity (Wildman–Crippen MR) is 160 cm³/mol. The molecule has 2 amide bonds. The Morgan fingerprint density at radius 2 is 1.82 bits per heavy atom. The zero-order valence-electron chi connectivity index (χ0n) is 23.7. The smallest absolute Gasteiger partial charge is 0.233 e. The van der Waals surface area contributed by atoms with Gasteiger partial charge in [0.2, 0.25) is 17.0 Å². The van der Waals surface area contributed by atoms with E-state index in [9.17, 15) is 9.59 Å². The van der Waals surface area contributed by atoms with Gasteiger partial charge in [-0.25, -0.2) is 4.98 Å². The lowest BCUT2D eigenvalue weighted by Gasteiger charge is -2.40. The largest absolute Gasteiger partial charge is 0.338 e. The second-order valence-electron chi connectivity index (χ2n) is 10.7. The molecule has 9 heteroatoms. The Labute approximate surface area is 240 Å². The maximum absolute atomic E-state index is 13.1. The molecule has 1 aliphatic rings. The van der Waals surface area contributed by atoms with Crippen molar-refractivity contribution in [2.24, 2.45) is 0 Å². The zero-order valence-corrected chi connectivity index (χ0v) is 24.5. The first-order valence-electron chi connectivity index (χ1n) is 14.3. The fourth-order valence-corrected chi connectivity index (χ4v) is 6.15. The second-order valence-corrected chi connectivity index (χ2v) is 11.7. The van der Waals surface area contributed by atoms with E-state index in [-0.39, 0.29) is 23.6 Å². The zero-order chi connectivity index (χ0) is 28.1. The Kier molecular flexibility index (Phi) is 8.99. The molecule has 0 radical (unpaired) electrons. The maximum Gasteiger partial charge on any atom is 0.233 e. The highest BCUT2D eigenvalue weighted by Crippen LogP contribution is 2.29. The van der Waals surface area contributed by atoms with Gasteiger partial charge in [0.1, 0.15) is 5.52 Å². The summed E-state index contributed by atoms with van der Waals surface area (Å²) in [6.45, 7) is 8.66. The average molecular weight is 559 g/mol. The van der Waals surface area contributed by atoms with Crippen LogP contribution in [0.3, 0.4) is 0 Å². The molecule has 2 aromatic heterocycles. The lowest BCUT2D eigenvalue weighted by molar-refractivity contribution is -0.141. The number of aromatic nitrogens is 4. The molecular weight excluding hydrogens is 520 g/mol. The Balaban J connectivity index is 1.26. The van der Waals surface area contributed by atoms with Gasteiger partial charge >= 0.3 is 0 Å². The summed E-state index contributed by atoms with van der Waals surface area (Å²) in [7, 11) is 0. The molecule has 5 rings (SSSR count). The number of carbonyl (C=O) groups excluding carboxylic acids is 2. The standard InChI is InChI=1S/C31H38N6O2S/c1-4-5-6-10-13-27(38)36-17-16-35(19-23(36)3)28(39)21-40-31-32-30-29(33-34-31)25-18-22(2)14-15-26(25)37(30)20-24-11-8-7-9-12-24/h7-9,11-12,14-15,18,23H,4-6,10,13,16-17,19-21H2,1-3H3. The summed E-state index contributed by atoms with van der Waals surface area (Å²) in [5.74, 6) is 0.484. The molecule has 0 bridgehead atoms. The van der Waals surface area contributed by atoms with Crippen LogP contribution in [0.5, 0.6) is 0 Å². The van der Waals surface area contributed by atoms with Crippen LogP contribution in [0, 0.1) is 6.92 Å². The molecule has 0 N–H and O–H groups in total. The number of fused-ring (bicyclic) bond motifs is 3. The summed E-state index contributed by atoms with van der Waals surface area (Å²) in [4.78, 5) is 34.5. The average Bonchev–Trinajstić information content (AvgIpc) is 3.26. The Hall–Kier alpha value is -3.46. The van der Waals surface area contributed by atoms with Crippen molar-refractivity contribution in [3.05, 3.63) is 59.7 Å². The van der Waals surface area contributed by atoms with E-state index in [2.05, 4.69) is 58.9 Å². The van der Waals surface area contributed by atoms with Crippen LogP contribution in [-0.4, -0.2) is 72.8 Å². The molecule has 0 saturated carbocycles. The van der Waals surface area contributed by atoms with Gasteiger partial charge in [0.05, 0.1) is 11.3 Å². The number of nitrogens with zero attached hydrogens (tertiary/aromatic N) is 6. The van der Waals surface area contributed by atoms with E-state index >= 15 is 0 Å². The number of amides is 2. The van der Waals surface area contributed by atoms with Gasteiger partial charge in [-0.2, -0.15) is 0 Å². The normalized spacial score (nSPS) is 15.7. The topological polar surface area (TPSA) is 84.2 Å². The van der Waals surface area contributed by atoms with Gasteiger partial charge in [0, 0.05) is 44.0 Å². The third-order valence-electron chi connectivity index (χ3n) is 7.66. The monoisotopic (exact) mass is 558 g/mol. The first kappa shape index (κ1) is 28.1. The summed E-state index contributed by atoms with van der Waals surface area (Å²) in [6, 6.07) is 16.7. The van der Waals surface area contributed by atoms with E-state index in [1.54, 1.807) is 0 Å². The Morgan fingerprint density at radius 3 is 2.60 bits per heavy atom. The van der Waals surface area contributed by atoms with Crippen molar-refractivity contribution in [1.82, 2.24) is 29.5 Å². The fourth-order valence-electron chi connectivity index (χ4n) is 5.46. The van der Waals surface area contributed by atoms with Crippen molar-refractivity contribution >= 4 is 45.6 Å². The fraction of sp³-hybridized carbons (Fsp3) is 0.452. The molecule has 210 valence electrons. The summed E-state index contributed by atoms with van der Waals surface area (Å²) >= 11 is 1.32. The summed E-state index contributed by atoms with van der Waals surface area (Å²) in [6.07, 6.45) is 4.97. The van der Waals surface area contributed by atoms with Crippen LogP contribution >= 0.6 is 11.8 Å². The number of piperazine rings is 1. The highest BCUT2D eigenvalue weighted by Gasteiger charge is 2.29. The summed E-state index contributed by atoms with van der Waals surface area (Å²) < 4.78 is 2.18. The molecular formula is C31H38N6O2S. The maximum atomic E-state index is 13.1. The SMILES string of the molecule is CCCCCCC(=O)N1CCN(C(=O)CSc2nnc3c4cc(C)ccc4n(Cc4ccccc4)c3n2)CC1C. The minimum Gasteiger partial charge on any atom is -0.338 e. The van der Waals surface area contributed by atoms with Crippen LogP contribution < -0.4 is 0 Å². The molecule has 3 heterocycles. The number of rotatable bonds is 10. The lowest BCUT2D eigenvalue weighted by Crippen LogP contribution is -2.55. The van der Waals surface area contributed by atoms with Gasteiger partial charge in [-0.1, -0.05) is 79.9 Å². The van der Waals surface area contributed by atoms with E-state index in [4.69, 9.17) is 4.98 Å². The summed E-state index contributed by atoms with van der Waals surface area (Å²) in [5.41, 5.74) is 4.95. The molecule has 1 fully saturated rings. The highest BCUT2D eigenvalue weighted by molar-refractivity contribution is 7.99. The van der Waals surface area contributed by atoms with Crippen molar-refractivity contribution in [2.75, 3.05) is 25.4 Å². The molecule has 1 unspecified atom stereocenters. The van der Waals surface area contributed by atoms with Crippen LogP contribution in [0.2, 0.25) is 0 Å². The van der Waals surface area contributed by atoms with Gasteiger partial charge in [-0.15, -0.1) is 10.2 Å². The van der Waals surface area contributed by atoms with Crippen LogP contribution in [0.15, 0.2) is 53.7 Å². The molecule has 0 spiro atoms. The van der Waals surface area contributed by atoms with Crippen LogP contribution in [0.25, 0.3) is 22.1 Å². The quantitative estimate of drug-likeness (QED) is 0.190. The number of hydrogen-bond acceptors (Lipinski definition) is 6. The molecule has 40 heavy (non-hydrogen) atoms. The van der Waals surface area contributed by atoms with Crippen molar-refractivity contribution in [2.45, 2.75) is 70.6 Å². The lowest BCUT2D eigenvalue weighted by atomic mass is 10.1. The van der Waals surface area contributed by atoms with Crippen LogP contribution in [0.4, 0.5) is 0 Å². The summed E-state index contributed by atoms with van der Waals surface area (Å²) in [5, 5.41) is 10.5. The third-order valence-corrected chi connectivity index (χ3v) is 8.48. The predicted octanol–water partition coefficient (Wildman–Crippen LogP) is 5.46. The van der Waals surface area contributed by atoms with Crippen LogP contribution in [-0.2, 0) is 16.1 Å². The molecule has 1 atom stereocenters. The number of benzene rings is 2. The van der Waals surface area contributed by atoms with E-state index in [1.165, 1.54) is 23.7 Å². The number of hydrogen-bond donors (Lipinski definition) is 0. The van der Waals surface area contributed by atoms with E-state index in [1.807, 2.05) is 34.9 Å². The number of thioether (sulfide) groups is 1. The Bertz CT molecular complexity index is 1490. The highest BCUT2D eigenvalue weighted by atomic mass is 32.2. The molecule has 8 nitrogen and oxygen atoms in total. The van der Waals surface area contributed by atoms with E-state index in [0.29, 0.717) is 37.8 Å². The van der Waals surface area contributed by atoms with Crippen molar-refractivity contribution < 1.29 is 9.59 Å². The van der Waals surface area contributed by atoms with E-state index in [0.717, 1.165) is 46.9 Å². The van der Waals surface area contributed by atoms with Gasteiger partial charge in [-0.05, 0) is 38.0 Å². The third kappa shape index (κ3) is 6.30. The minimum atomic E-state index is 0.0211. The first-order chi connectivity index (χ1) is 19.4. The van der Waals surface area contributed by atoms with Crippen molar-refractivity contribution in [1.29, 1.82) is 0 Å². The van der Waals surface area contributed by atoms with Crippen molar-refractivity contribution in [3.8, 4) is 0 Å². The van der Waals surface area contributed by atoms with Crippen LogP contribution in [0.1, 0.15) is 57.1 Å². The number of aryl methyl sites for hydroxylation is 1. The molecule has 4 aromatic rings. The van der Waals surface area contributed by atoms with E-state index < -0.39 is 0 Å². The van der Waals surface area contributed by atoms with Gasteiger partial charge in [0.25, 0.3) is 0 Å². The molecule has 1 saturated heterocycles. The number of carbonyl (C=O) groups is 2. The van der Waals surface area contributed by atoms with Gasteiger partial charge in [0.15, 0.2) is 5.65 Å². The minimum absolute atomic E-state index is 0.0211. The second kappa shape index (κ2) is 12.8.